The summed E-state index contributed by atoms with van der Waals surface area (Å²) in [6.45, 7) is 2.05. The molecule has 1 unspecified atom stereocenters. The largest absolute Gasteiger partial charge is 0.480 e. The molecular formula is C12H13BrN2O3S. The molecule has 1 aliphatic heterocycles. The summed E-state index contributed by atoms with van der Waals surface area (Å²) in [5, 5.41) is 0.0552. The van der Waals surface area contributed by atoms with Crippen molar-refractivity contribution in [2.75, 3.05) is 18.6 Å². The fourth-order valence-corrected chi connectivity index (χ4v) is 3.37. The maximum atomic E-state index is 12.0. The summed E-state index contributed by atoms with van der Waals surface area (Å²) >= 11 is 4.56. The van der Waals surface area contributed by atoms with Gasteiger partial charge in [0.05, 0.1) is 23.5 Å². The number of ether oxygens (including phenoxy) is 1. The average molecular weight is 345 g/mol. The first kappa shape index (κ1) is 14.3. The molecule has 1 aromatic rings. The van der Waals surface area contributed by atoms with Crippen molar-refractivity contribution in [3.05, 3.63) is 16.7 Å². The summed E-state index contributed by atoms with van der Waals surface area (Å²) in [5.41, 5.74) is 0.712. The molecule has 5 nitrogen and oxygen atoms in total. The van der Waals surface area contributed by atoms with Crippen molar-refractivity contribution >= 4 is 44.4 Å². The second kappa shape index (κ2) is 5.92. The Bertz CT molecular complexity index is 524. The van der Waals surface area contributed by atoms with Crippen molar-refractivity contribution < 1.29 is 14.3 Å². The van der Waals surface area contributed by atoms with E-state index in [1.54, 1.807) is 17.2 Å². The van der Waals surface area contributed by atoms with Gasteiger partial charge in [0.15, 0.2) is 5.12 Å². The summed E-state index contributed by atoms with van der Waals surface area (Å²) in [5.74, 6) is 0.489. The Labute approximate surface area is 123 Å². The van der Waals surface area contributed by atoms with Gasteiger partial charge in [0.25, 0.3) is 0 Å². The zero-order valence-corrected chi connectivity index (χ0v) is 13.0. The fraction of sp³-hybridized carbons (Fsp3) is 0.417. The number of carbonyl (C=O) groups excluding carboxylic acids is 2. The van der Waals surface area contributed by atoms with E-state index in [1.807, 2.05) is 0 Å². The lowest BCUT2D eigenvalue weighted by molar-refractivity contribution is -0.117. The summed E-state index contributed by atoms with van der Waals surface area (Å²) in [4.78, 5) is 28.8. The van der Waals surface area contributed by atoms with Crippen LogP contribution >= 0.6 is 27.7 Å². The molecule has 2 rings (SSSR count). The molecular weight excluding hydrogens is 332 g/mol. The van der Waals surface area contributed by atoms with Crippen molar-refractivity contribution in [1.29, 1.82) is 0 Å². The Kier molecular flexibility index (Phi) is 4.46. The first-order valence-corrected chi connectivity index (χ1v) is 7.35. The summed E-state index contributed by atoms with van der Waals surface area (Å²) in [6, 6.07) is 1.80. The van der Waals surface area contributed by atoms with Gasteiger partial charge in [-0.1, -0.05) is 11.8 Å². The molecule has 0 N–H and O–H groups in total. The van der Waals surface area contributed by atoms with Crippen molar-refractivity contribution in [2.45, 2.75) is 18.6 Å². The monoisotopic (exact) mass is 344 g/mol. The van der Waals surface area contributed by atoms with Gasteiger partial charge in [0.2, 0.25) is 11.8 Å². The SMILES string of the molecule is COc1ncc(N2CC(SC(C)=O)CC2=O)cc1Br. The number of nitrogens with zero attached hydrogens (tertiary/aromatic N) is 2. The predicted molar refractivity (Wildman–Crippen MR) is 77.5 cm³/mol. The number of halogens is 1. The summed E-state index contributed by atoms with van der Waals surface area (Å²) in [6.07, 6.45) is 1.98. The lowest BCUT2D eigenvalue weighted by Crippen LogP contribution is -2.25. The highest BCUT2D eigenvalue weighted by atomic mass is 79.9. The van der Waals surface area contributed by atoms with Gasteiger partial charge in [-0.25, -0.2) is 4.98 Å². The summed E-state index contributed by atoms with van der Waals surface area (Å²) in [7, 11) is 1.54. The van der Waals surface area contributed by atoms with Gasteiger partial charge in [-0.3, -0.25) is 9.59 Å². The van der Waals surface area contributed by atoms with Gasteiger partial charge in [-0.15, -0.1) is 0 Å². The number of anilines is 1. The normalized spacial score (nSPS) is 18.8. The number of methoxy groups -OCH3 is 1. The van der Waals surface area contributed by atoms with Crippen LogP contribution in [0.3, 0.4) is 0 Å². The zero-order chi connectivity index (χ0) is 14.0. The number of pyridine rings is 1. The minimum absolute atomic E-state index is 0.0117. The molecule has 1 atom stereocenters. The predicted octanol–water partition coefficient (Wildman–Crippen LogP) is 2.24. The van der Waals surface area contributed by atoms with E-state index in [0.29, 0.717) is 29.0 Å². The number of aromatic nitrogens is 1. The Balaban J connectivity index is 2.16. The van der Waals surface area contributed by atoms with Crippen LogP contribution in [0.5, 0.6) is 5.88 Å². The molecule has 102 valence electrons. The van der Waals surface area contributed by atoms with Crippen molar-refractivity contribution in [2.24, 2.45) is 0 Å². The molecule has 0 bridgehead atoms. The molecule has 0 aliphatic carbocycles. The van der Waals surface area contributed by atoms with E-state index in [0.717, 1.165) is 0 Å². The minimum Gasteiger partial charge on any atom is -0.480 e. The highest BCUT2D eigenvalue weighted by Crippen LogP contribution is 2.32. The van der Waals surface area contributed by atoms with Crippen molar-refractivity contribution in [3.8, 4) is 5.88 Å². The van der Waals surface area contributed by atoms with E-state index in [9.17, 15) is 9.59 Å². The van der Waals surface area contributed by atoms with Gasteiger partial charge < -0.3 is 9.64 Å². The van der Waals surface area contributed by atoms with Gasteiger partial charge in [0, 0.05) is 25.1 Å². The first-order chi connectivity index (χ1) is 9.01. The molecule has 1 saturated heterocycles. The van der Waals surface area contributed by atoms with Crippen LogP contribution in [-0.2, 0) is 9.59 Å². The molecule has 0 radical (unpaired) electrons. The number of carbonyl (C=O) groups is 2. The maximum Gasteiger partial charge on any atom is 0.228 e. The molecule has 7 heteroatoms. The van der Waals surface area contributed by atoms with Crippen LogP contribution in [0.1, 0.15) is 13.3 Å². The topological polar surface area (TPSA) is 59.5 Å². The molecule has 1 amide bonds. The van der Waals surface area contributed by atoms with E-state index < -0.39 is 0 Å². The van der Waals surface area contributed by atoms with E-state index in [1.165, 1.54) is 25.8 Å². The van der Waals surface area contributed by atoms with Crippen LogP contribution in [-0.4, -0.2) is 34.9 Å². The summed E-state index contributed by atoms with van der Waals surface area (Å²) < 4.78 is 5.75. The Morgan fingerprint density at radius 1 is 1.63 bits per heavy atom. The average Bonchev–Trinajstić information content (AvgIpc) is 2.69. The number of amides is 1. The van der Waals surface area contributed by atoms with E-state index in [4.69, 9.17) is 4.74 Å². The first-order valence-electron chi connectivity index (χ1n) is 5.68. The second-order valence-electron chi connectivity index (χ2n) is 4.12. The fourth-order valence-electron chi connectivity index (χ4n) is 1.95. The van der Waals surface area contributed by atoms with Crippen LogP contribution in [0.4, 0.5) is 5.69 Å². The second-order valence-corrected chi connectivity index (χ2v) is 6.46. The Morgan fingerprint density at radius 2 is 2.37 bits per heavy atom. The van der Waals surface area contributed by atoms with Crippen LogP contribution in [0.15, 0.2) is 16.7 Å². The standard InChI is InChI=1S/C12H13BrN2O3S/c1-7(16)19-9-4-11(17)15(6-9)8-3-10(13)12(18-2)14-5-8/h3,5,9H,4,6H2,1-2H3. The van der Waals surface area contributed by atoms with Crippen molar-refractivity contribution in [1.82, 2.24) is 4.98 Å². The molecule has 1 aliphatic rings. The minimum atomic E-state index is 0.0117. The van der Waals surface area contributed by atoms with Gasteiger partial charge >= 0.3 is 0 Å². The van der Waals surface area contributed by atoms with Crippen LogP contribution < -0.4 is 9.64 Å². The number of rotatable bonds is 3. The molecule has 0 spiro atoms. The van der Waals surface area contributed by atoms with Gasteiger partial charge in [-0.2, -0.15) is 0 Å². The van der Waals surface area contributed by atoms with E-state index in [-0.39, 0.29) is 16.3 Å². The van der Waals surface area contributed by atoms with E-state index >= 15 is 0 Å². The third-order valence-electron chi connectivity index (χ3n) is 2.72. The third kappa shape index (κ3) is 3.27. The van der Waals surface area contributed by atoms with Crippen LogP contribution in [0.25, 0.3) is 0 Å². The maximum absolute atomic E-state index is 12.0. The molecule has 1 fully saturated rings. The Hall–Kier alpha value is -1.08. The Morgan fingerprint density at radius 3 is 2.95 bits per heavy atom. The van der Waals surface area contributed by atoms with Gasteiger partial charge in [-0.05, 0) is 22.0 Å². The molecule has 0 saturated carbocycles. The lowest BCUT2D eigenvalue weighted by atomic mass is 10.4. The number of hydrogen-bond donors (Lipinski definition) is 0. The molecule has 19 heavy (non-hydrogen) atoms. The zero-order valence-electron chi connectivity index (χ0n) is 10.6. The smallest absolute Gasteiger partial charge is 0.228 e. The molecule has 2 heterocycles. The lowest BCUT2D eigenvalue weighted by Gasteiger charge is -2.16. The van der Waals surface area contributed by atoms with Crippen LogP contribution in [0.2, 0.25) is 0 Å². The molecule has 1 aromatic heterocycles. The van der Waals surface area contributed by atoms with Crippen molar-refractivity contribution in [3.63, 3.8) is 0 Å². The highest BCUT2D eigenvalue weighted by Gasteiger charge is 2.32. The van der Waals surface area contributed by atoms with E-state index in [2.05, 4.69) is 20.9 Å². The third-order valence-corrected chi connectivity index (χ3v) is 4.27. The number of hydrogen-bond acceptors (Lipinski definition) is 5. The highest BCUT2D eigenvalue weighted by molar-refractivity contribution is 9.10. The quantitative estimate of drug-likeness (QED) is 0.841. The van der Waals surface area contributed by atoms with Crippen LogP contribution in [0, 0.1) is 0 Å². The van der Waals surface area contributed by atoms with Gasteiger partial charge in [0.1, 0.15) is 0 Å². The number of thioether (sulfide) groups is 1. The molecule has 0 aromatic carbocycles.